The summed E-state index contributed by atoms with van der Waals surface area (Å²) in [6.07, 6.45) is 4.56. The first-order valence-corrected chi connectivity index (χ1v) is 10.8. The van der Waals surface area contributed by atoms with Gasteiger partial charge in [-0.05, 0) is 55.3 Å². The van der Waals surface area contributed by atoms with Crippen molar-refractivity contribution in [2.75, 3.05) is 18.5 Å². The Morgan fingerprint density at radius 1 is 1.18 bits per heavy atom. The third kappa shape index (κ3) is 4.74. The van der Waals surface area contributed by atoms with Crippen molar-refractivity contribution in [2.24, 2.45) is 0 Å². The number of anilines is 1. The minimum atomic E-state index is -1.07. The van der Waals surface area contributed by atoms with Gasteiger partial charge in [-0.15, -0.1) is 0 Å². The maximum atomic E-state index is 11.3. The van der Waals surface area contributed by atoms with Crippen molar-refractivity contribution in [2.45, 2.75) is 18.9 Å². The molecule has 4 aromatic rings. The predicted molar refractivity (Wildman–Crippen MR) is 123 cm³/mol. The average Bonchev–Trinajstić information content (AvgIpc) is 3.32. The van der Waals surface area contributed by atoms with E-state index in [9.17, 15) is 9.90 Å². The van der Waals surface area contributed by atoms with Gasteiger partial charge in [0.1, 0.15) is 17.3 Å². The zero-order valence-electron chi connectivity index (χ0n) is 17.4. The van der Waals surface area contributed by atoms with Crippen LogP contribution in [0, 0.1) is 0 Å². The summed E-state index contributed by atoms with van der Waals surface area (Å²) >= 11 is 5.96. The van der Waals surface area contributed by atoms with Crippen LogP contribution in [0.15, 0.2) is 54.9 Å². The van der Waals surface area contributed by atoms with Gasteiger partial charge in [-0.25, -0.2) is 14.5 Å². The smallest absolute Gasteiger partial charge is 0.338 e. The Kier molecular flexibility index (Phi) is 5.80. The Bertz CT molecular complexity index is 1300. The number of benzene rings is 2. The van der Waals surface area contributed by atoms with E-state index < -0.39 is 5.97 Å². The average molecular weight is 466 g/mol. The molecule has 0 saturated carbocycles. The maximum Gasteiger partial charge on any atom is 0.338 e. The van der Waals surface area contributed by atoms with Crippen molar-refractivity contribution in [3.8, 4) is 17.4 Å². The number of hydrogen-bond donors (Lipinski definition) is 2. The molecule has 1 aliphatic heterocycles. The van der Waals surface area contributed by atoms with Gasteiger partial charge in [0.25, 0.3) is 5.95 Å². The molecule has 5 rings (SSSR count). The number of carboxylic acid groups (broad SMARTS) is 1. The molecule has 33 heavy (non-hydrogen) atoms. The number of halogens is 1. The number of nitrogens with zero attached hydrogens (tertiary/aromatic N) is 4. The molecular weight excluding hydrogens is 446 g/mol. The van der Waals surface area contributed by atoms with E-state index >= 15 is 0 Å². The molecule has 1 atom stereocenters. The van der Waals surface area contributed by atoms with Gasteiger partial charge in [-0.2, -0.15) is 10.1 Å². The topological polar surface area (TPSA) is 111 Å². The van der Waals surface area contributed by atoms with Crippen molar-refractivity contribution in [1.29, 1.82) is 0 Å². The minimum Gasteiger partial charge on any atom is -0.478 e. The lowest BCUT2D eigenvalue weighted by atomic mass is 10.1. The summed E-state index contributed by atoms with van der Waals surface area (Å²) in [5.41, 5.74) is 0.718. The van der Waals surface area contributed by atoms with Gasteiger partial charge in [-0.3, -0.25) is 0 Å². The third-order valence-electron chi connectivity index (χ3n) is 5.24. The number of nitrogens with one attached hydrogen (secondary N) is 1. The van der Waals surface area contributed by atoms with E-state index in [1.807, 2.05) is 18.2 Å². The number of aromatic carboxylic acids is 1. The van der Waals surface area contributed by atoms with E-state index in [0.29, 0.717) is 34.5 Å². The lowest BCUT2D eigenvalue weighted by Crippen LogP contribution is -2.30. The molecule has 10 heteroatoms. The molecule has 1 fully saturated rings. The summed E-state index contributed by atoms with van der Waals surface area (Å²) in [6.45, 7) is 1.32. The van der Waals surface area contributed by atoms with Crippen LogP contribution in [-0.4, -0.2) is 50.1 Å². The zero-order valence-corrected chi connectivity index (χ0v) is 18.2. The fourth-order valence-electron chi connectivity index (χ4n) is 3.60. The Morgan fingerprint density at radius 3 is 2.73 bits per heavy atom. The first-order valence-electron chi connectivity index (χ1n) is 10.4. The van der Waals surface area contributed by atoms with Crippen LogP contribution in [0.5, 0.6) is 11.5 Å². The summed E-state index contributed by atoms with van der Waals surface area (Å²) in [5, 5.41) is 18.2. The van der Waals surface area contributed by atoms with Crippen LogP contribution in [0.25, 0.3) is 16.9 Å². The van der Waals surface area contributed by atoms with Crippen molar-refractivity contribution in [1.82, 2.24) is 19.7 Å². The normalized spacial score (nSPS) is 16.0. The lowest BCUT2D eigenvalue weighted by molar-refractivity contribution is 0.0697. The first-order chi connectivity index (χ1) is 16.0. The van der Waals surface area contributed by atoms with Gasteiger partial charge >= 0.3 is 5.97 Å². The van der Waals surface area contributed by atoms with E-state index in [1.54, 1.807) is 24.3 Å². The molecule has 0 radical (unpaired) electrons. The Hall–Kier alpha value is -3.69. The van der Waals surface area contributed by atoms with Crippen LogP contribution < -0.4 is 10.1 Å². The van der Waals surface area contributed by atoms with E-state index in [0.717, 1.165) is 24.8 Å². The molecule has 1 aliphatic rings. The lowest BCUT2D eigenvalue weighted by Gasteiger charge is -2.24. The fraction of sp³-hybridized carbons (Fsp3) is 0.217. The second-order valence-corrected chi connectivity index (χ2v) is 8.08. The molecule has 3 heterocycles. The summed E-state index contributed by atoms with van der Waals surface area (Å²) in [4.78, 5) is 20.5. The Morgan fingerprint density at radius 2 is 2.00 bits per heavy atom. The fourth-order valence-corrected chi connectivity index (χ4v) is 3.73. The van der Waals surface area contributed by atoms with Gasteiger partial charge in [0, 0.05) is 23.2 Å². The molecule has 2 aromatic heterocycles. The second-order valence-electron chi connectivity index (χ2n) is 7.64. The number of hydrogen-bond acceptors (Lipinski definition) is 7. The molecule has 2 aromatic carbocycles. The quantitative estimate of drug-likeness (QED) is 0.426. The molecule has 9 nitrogen and oxygen atoms in total. The zero-order chi connectivity index (χ0) is 22.8. The number of fused-ring (bicyclic) bond motifs is 1. The molecule has 0 aliphatic carbocycles. The number of rotatable bonds is 6. The van der Waals surface area contributed by atoms with Crippen molar-refractivity contribution in [3.05, 3.63) is 65.4 Å². The van der Waals surface area contributed by atoms with Crippen LogP contribution in [0.4, 0.5) is 5.82 Å². The molecule has 0 spiro atoms. The molecular formula is C23H20ClN5O4. The minimum absolute atomic E-state index is 0.0561. The highest BCUT2D eigenvalue weighted by Gasteiger charge is 2.18. The van der Waals surface area contributed by atoms with Gasteiger partial charge in [0.15, 0.2) is 0 Å². The van der Waals surface area contributed by atoms with E-state index in [2.05, 4.69) is 20.4 Å². The van der Waals surface area contributed by atoms with E-state index in [-0.39, 0.29) is 17.6 Å². The standard InChI is InChI=1S/C23H20ClN5O4/c24-15-3-5-17(6-4-15)33-18-7-8-20-19(10-18)21(26-16-2-1-9-32-13-16)28-23(27-20)29-12-14(11-25-29)22(30)31/h3-8,10-12,16H,1-2,9,13H2,(H,30,31)(H,26,27,28). The molecule has 0 amide bonds. The Balaban J connectivity index is 1.54. The van der Waals surface area contributed by atoms with Gasteiger partial charge in [-0.1, -0.05) is 11.6 Å². The summed E-state index contributed by atoms with van der Waals surface area (Å²) in [7, 11) is 0. The second kappa shape index (κ2) is 9.05. The summed E-state index contributed by atoms with van der Waals surface area (Å²) in [5.74, 6) is 1.07. The molecule has 0 bridgehead atoms. The molecule has 2 N–H and O–H groups in total. The number of ether oxygens (including phenoxy) is 2. The van der Waals surface area contributed by atoms with Gasteiger partial charge in [0.2, 0.25) is 0 Å². The highest BCUT2D eigenvalue weighted by molar-refractivity contribution is 6.30. The van der Waals surface area contributed by atoms with Crippen LogP contribution in [-0.2, 0) is 4.74 Å². The monoisotopic (exact) mass is 465 g/mol. The van der Waals surface area contributed by atoms with Crippen LogP contribution >= 0.6 is 11.6 Å². The van der Waals surface area contributed by atoms with E-state index in [4.69, 9.17) is 21.1 Å². The SMILES string of the molecule is O=C(O)c1cnn(-c2nc(NC3CCCOC3)c3cc(Oc4ccc(Cl)cc4)ccc3n2)c1. The van der Waals surface area contributed by atoms with Crippen molar-refractivity contribution in [3.63, 3.8) is 0 Å². The van der Waals surface area contributed by atoms with Gasteiger partial charge < -0.3 is 19.9 Å². The molecule has 168 valence electrons. The maximum absolute atomic E-state index is 11.3. The molecule has 1 saturated heterocycles. The van der Waals surface area contributed by atoms with Gasteiger partial charge in [0.05, 0.1) is 29.9 Å². The van der Waals surface area contributed by atoms with Crippen LogP contribution in [0.2, 0.25) is 5.02 Å². The third-order valence-corrected chi connectivity index (χ3v) is 5.49. The van der Waals surface area contributed by atoms with Crippen LogP contribution in [0.3, 0.4) is 0 Å². The number of carboxylic acids is 1. The highest BCUT2D eigenvalue weighted by Crippen LogP contribution is 2.30. The number of aromatic nitrogens is 4. The molecule has 1 unspecified atom stereocenters. The van der Waals surface area contributed by atoms with E-state index in [1.165, 1.54) is 17.1 Å². The van der Waals surface area contributed by atoms with Crippen molar-refractivity contribution >= 4 is 34.3 Å². The van der Waals surface area contributed by atoms with Crippen LogP contribution in [0.1, 0.15) is 23.2 Å². The summed E-state index contributed by atoms with van der Waals surface area (Å²) in [6, 6.07) is 12.7. The first kappa shape index (κ1) is 21.2. The summed E-state index contributed by atoms with van der Waals surface area (Å²) < 4.78 is 12.9. The predicted octanol–water partition coefficient (Wildman–Crippen LogP) is 4.55. The Labute approximate surface area is 193 Å². The number of carbonyl (C=O) groups is 1. The van der Waals surface area contributed by atoms with Crippen molar-refractivity contribution < 1.29 is 19.4 Å². The highest BCUT2D eigenvalue weighted by atomic mass is 35.5. The largest absolute Gasteiger partial charge is 0.478 e.